The first-order valence-electron chi connectivity index (χ1n) is 9.58. The number of carbonyl (C=O) groups excluding carboxylic acids is 2. The Bertz CT molecular complexity index is 1070. The molecule has 0 heterocycles. The number of urea groups is 1. The second kappa shape index (κ2) is 9.95. The Morgan fingerprint density at radius 2 is 1.56 bits per heavy atom. The van der Waals surface area contributed by atoms with Gasteiger partial charge in [-0.15, -0.1) is 0 Å². The molecule has 0 aliphatic rings. The molecule has 5 nitrogen and oxygen atoms in total. The molecule has 3 aromatic rings. The van der Waals surface area contributed by atoms with E-state index in [1.165, 1.54) is 29.2 Å². The van der Waals surface area contributed by atoms with Crippen LogP contribution >= 0.6 is 0 Å². The van der Waals surface area contributed by atoms with Crippen LogP contribution < -0.4 is 15.5 Å². The zero-order chi connectivity index (χ0) is 23.1. The minimum absolute atomic E-state index is 0.0129. The average Bonchev–Trinajstić information content (AvgIpc) is 2.77. The predicted octanol–water partition coefficient (Wildman–Crippen LogP) is 5.31. The van der Waals surface area contributed by atoms with Crippen LogP contribution in [0.1, 0.15) is 15.9 Å². The lowest BCUT2D eigenvalue weighted by Gasteiger charge is -2.23. The fourth-order valence-corrected chi connectivity index (χ4v) is 2.90. The molecule has 0 saturated heterocycles. The Balaban J connectivity index is 1.70. The molecule has 0 unspecified atom stereocenters. The fourth-order valence-electron chi connectivity index (χ4n) is 2.90. The lowest BCUT2D eigenvalue weighted by Crippen LogP contribution is -2.41. The SMILES string of the molecule is O=C(NCCN(C(=O)Nc1cccc(C(F)(F)F)c1)c1ccccc1)c1ccc(F)cc1. The minimum Gasteiger partial charge on any atom is -0.350 e. The van der Waals surface area contributed by atoms with Crippen molar-refractivity contribution in [3.63, 3.8) is 0 Å². The van der Waals surface area contributed by atoms with Gasteiger partial charge in [0.15, 0.2) is 0 Å². The zero-order valence-corrected chi connectivity index (χ0v) is 16.7. The van der Waals surface area contributed by atoms with Crippen molar-refractivity contribution >= 4 is 23.3 Å². The first-order chi connectivity index (χ1) is 15.2. The summed E-state index contributed by atoms with van der Waals surface area (Å²) < 4.78 is 51.9. The number of benzene rings is 3. The first-order valence-corrected chi connectivity index (χ1v) is 9.58. The molecule has 0 saturated carbocycles. The van der Waals surface area contributed by atoms with Crippen LogP contribution in [0.4, 0.5) is 33.7 Å². The maximum atomic E-state index is 13.0. The number of hydrogen-bond donors (Lipinski definition) is 2. The molecule has 3 amide bonds. The maximum Gasteiger partial charge on any atom is 0.416 e. The monoisotopic (exact) mass is 445 g/mol. The fraction of sp³-hybridized carbons (Fsp3) is 0.130. The van der Waals surface area contributed by atoms with Crippen molar-refractivity contribution in [2.45, 2.75) is 6.18 Å². The molecule has 2 N–H and O–H groups in total. The van der Waals surface area contributed by atoms with E-state index >= 15 is 0 Å². The number of hydrogen-bond acceptors (Lipinski definition) is 2. The minimum atomic E-state index is -4.54. The predicted molar refractivity (Wildman–Crippen MR) is 113 cm³/mol. The summed E-state index contributed by atoms with van der Waals surface area (Å²) in [6, 6.07) is 17.1. The van der Waals surface area contributed by atoms with Gasteiger partial charge in [-0.3, -0.25) is 9.69 Å². The van der Waals surface area contributed by atoms with Crippen molar-refractivity contribution in [2.24, 2.45) is 0 Å². The van der Waals surface area contributed by atoms with Gasteiger partial charge < -0.3 is 10.6 Å². The Morgan fingerprint density at radius 1 is 0.875 bits per heavy atom. The number of carbonyl (C=O) groups is 2. The summed E-state index contributed by atoms with van der Waals surface area (Å²) in [6.07, 6.45) is -4.54. The second-order valence-electron chi connectivity index (χ2n) is 6.76. The van der Waals surface area contributed by atoms with E-state index in [4.69, 9.17) is 0 Å². The molecule has 32 heavy (non-hydrogen) atoms. The summed E-state index contributed by atoms with van der Waals surface area (Å²) in [5, 5.41) is 5.10. The van der Waals surface area contributed by atoms with E-state index in [9.17, 15) is 27.2 Å². The Hall–Kier alpha value is -3.88. The molecule has 9 heteroatoms. The quantitative estimate of drug-likeness (QED) is 0.505. The van der Waals surface area contributed by atoms with Crippen LogP contribution in [0.3, 0.4) is 0 Å². The van der Waals surface area contributed by atoms with Gasteiger partial charge in [0.25, 0.3) is 5.91 Å². The van der Waals surface area contributed by atoms with E-state index in [-0.39, 0.29) is 24.3 Å². The smallest absolute Gasteiger partial charge is 0.350 e. The Morgan fingerprint density at radius 3 is 2.22 bits per heavy atom. The van der Waals surface area contributed by atoms with E-state index in [0.717, 1.165) is 24.3 Å². The van der Waals surface area contributed by atoms with Crippen molar-refractivity contribution in [3.8, 4) is 0 Å². The van der Waals surface area contributed by atoms with Gasteiger partial charge in [0, 0.05) is 30.0 Å². The summed E-state index contributed by atoms with van der Waals surface area (Å²) in [4.78, 5) is 26.3. The highest BCUT2D eigenvalue weighted by atomic mass is 19.4. The number of amides is 3. The summed E-state index contributed by atoms with van der Waals surface area (Å²) in [5.74, 6) is -0.917. The van der Waals surface area contributed by atoms with Gasteiger partial charge in [-0.05, 0) is 54.6 Å². The van der Waals surface area contributed by atoms with E-state index in [0.29, 0.717) is 5.69 Å². The van der Waals surface area contributed by atoms with Gasteiger partial charge >= 0.3 is 12.2 Å². The normalized spacial score (nSPS) is 11.0. The van der Waals surface area contributed by atoms with Gasteiger partial charge in [0.1, 0.15) is 5.82 Å². The average molecular weight is 445 g/mol. The van der Waals surface area contributed by atoms with E-state index < -0.39 is 29.5 Å². The number of anilines is 2. The van der Waals surface area contributed by atoms with E-state index in [2.05, 4.69) is 10.6 Å². The number of nitrogens with one attached hydrogen (secondary N) is 2. The van der Waals surface area contributed by atoms with Gasteiger partial charge in [-0.25, -0.2) is 9.18 Å². The highest BCUT2D eigenvalue weighted by Gasteiger charge is 2.30. The molecule has 3 aromatic carbocycles. The standard InChI is InChI=1S/C23H19F4N3O2/c24-18-11-9-16(10-12-18)21(31)28-13-14-30(20-7-2-1-3-8-20)22(32)29-19-6-4-5-17(15-19)23(25,26)27/h1-12,15H,13-14H2,(H,28,31)(H,29,32). The van der Waals surface area contributed by atoms with Crippen molar-refractivity contribution < 1.29 is 27.2 Å². The van der Waals surface area contributed by atoms with Crippen LogP contribution in [0.25, 0.3) is 0 Å². The van der Waals surface area contributed by atoms with Gasteiger partial charge in [0.05, 0.1) is 5.56 Å². The molecule has 0 aliphatic carbocycles. The van der Waals surface area contributed by atoms with E-state index in [1.54, 1.807) is 30.3 Å². The largest absolute Gasteiger partial charge is 0.416 e. The molecular weight excluding hydrogens is 426 g/mol. The topological polar surface area (TPSA) is 61.4 Å². The number of halogens is 4. The molecule has 3 rings (SSSR count). The lowest BCUT2D eigenvalue weighted by atomic mass is 10.2. The van der Waals surface area contributed by atoms with Crippen molar-refractivity contribution in [1.29, 1.82) is 0 Å². The number of rotatable bonds is 6. The number of para-hydroxylation sites is 1. The molecule has 0 aliphatic heterocycles. The van der Waals surface area contributed by atoms with Crippen LogP contribution in [0, 0.1) is 5.82 Å². The molecule has 0 atom stereocenters. The van der Waals surface area contributed by atoms with Crippen molar-refractivity contribution in [2.75, 3.05) is 23.3 Å². The first kappa shape index (κ1) is 22.8. The Labute approximate surface area is 181 Å². The van der Waals surface area contributed by atoms with Crippen molar-refractivity contribution in [3.05, 3.63) is 95.8 Å². The molecule has 0 spiro atoms. The summed E-state index contributed by atoms with van der Waals surface area (Å²) >= 11 is 0. The second-order valence-corrected chi connectivity index (χ2v) is 6.76. The van der Waals surface area contributed by atoms with Gasteiger partial charge in [0.2, 0.25) is 0 Å². The summed E-state index contributed by atoms with van der Waals surface area (Å²) in [6.45, 7) is 0.100. The van der Waals surface area contributed by atoms with Gasteiger partial charge in [-0.2, -0.15) is 13.2 Å². The van der Waals surface area contributed by atoms with Crippen LogP contribution in [0.2, 0.25) is 0 Å². The van der Waals surface area contributed by atoms with E-state index in [1.807, 2.05) is 0 Å². The summed E-state index contributed by atoms with van der Waals surface area (Å²) in [7, 11) is 0. The molecule has 0 fully saturated rings. The molecule has 0 bridgehead atoms. The van der Waals surface area contributed by atoms with Crippen LogP contribution in [0.15, 0.2) is 78.9 Å². The third-order valence-corrected chi connectivity index (χ3v) is 4.48. The number of alkyl halides is 3. The molecule has 166 valence electrons. The lowest BCUT2D eigenvalue weighted by molar-refractivity contribution is -0.137. The maximum absolute atomic E-state index is 13.0. The Kier molecular flexibility index (Phi) is 7.09. The number of nitrogens with zero attached hydrogens (tertiary/aromatic N) is 1. The van der Waals surface area contributed by atoms with Crippen LogP contribution in [0.5, 0.6) is 0 Å². The van der Waals surface area contributed by atoms with Crippen LogP contribution in [-0.4, -0.2) is 25.0 Å². The molecule has 0 radical (unpaired) electrons. The van der Waals surface area contributed by atoms with Crippen molar-refractivity contribution in [1.82, 2.24) is 5.32 Å². The summed E-state index contributed by atoms with van der Waals surface area (Å²) in [5.41, 5.74) is -0.145. The third kappa shape index (κ3) is 6.07. The molecular formula is C23H19F4N3O2. The molecule has 0 aromatic heterocycles. The zero-order valence-electron chi connectivity index (χ0n) is 16.7. The van der Waals surface area contributed by atoms with Gasteiger partial charge in [-0.1, -0.05) is 24.3 Å². The highest BCUT2D eigenvalue weighted by Crippen LogP contribution is 2.30. The third-order valence-electron chi connectivity index (χ3n) is 4.48. The highest BCUT2D eigenvalue weighted by molar-refractivity contribution is 6.02. The van der Waals surface area contributed by atoms with Crippen LogP contribution in [-0.2, 0) is 6.18 Å².